The maximum absolute atomic E-state index is 13.9. The van der Waals surface area contributed by atoms with Crippen molar-refractivity contribution in [1.82, 2.24) is 10.2 Å². The quantitative estimate of drug-likeness (QED) is 0.354. The van der Waals surface area contributed by atoms with Gasteiger partial charge in [-0.2, -0.15) is 0 Å². The lowest BCUT2D eigenvalue weighted by atomic mass is 10.1. The van der Waals surface area contributed by atoms with Crippen molar-refractivity contribution in [2.45, 2.75) is 30.8 Å². The van der Waals surface area contributed by atoms with E-state index in [4.69, 9.17) is 27.9 Å². The minimum atomic E-state index is -4.20. The molecular formula is C27H29Cl2N3O5S. The largest absolute Gasteiger partial charge is 0.495 e. The molecule has 0 aliphatic rings. The molecule has 0 heterocycles. The molecule has 11 heteroatoms. The normalized spacial score (nSPS) is 11.9. The monoisotopic (exact) mass is 577 g/mol. The number of methoxy groups -OCH3 is 1. The van der Waals surface area contributed by atoms with Crippen LogP contribution in [0.25, 0.3) is 0 Å². The van der Waals surface area contributed by atoms with Gasteiger partial charge in [-0.3, -0.25) is 13.9 Å². The number of carbonyl (C=O) groups excluding carboxylic acids is 2. The van der Waals surface area contributed by atoms with Gasteiger partial charge in [0.15, 0.2) is 0 Å². The summed E-state index contributed by atoms with van der Waals surface area (Å²) < 4.78 is 33.7. The second kappa shape index (κ2) is 13.0. The highest BCUT2D eigenvalue weighted by Crippen LogP contribution is 2.32. The first kappa shape index (κ1) is 29.3. The van der Waals surface area contributed by atoms with Crippen LogP contribution in [0.5, 0.6) is 5.75 Å². The third-order valence-corrected chi connectivity index (χ3v) is 8.42. The lowest BCUT2D eigenvalue weighted by molar-refractivity contribution is -0.140. The molecule has 1 N–H and O–H groups in total. The summed E-state index contributed by atoms with van der Waals surface area (Å²) in [6.45, 7) is 1.19. The molecule has 38 heavy (non-hydrogen) atoms. The number of halogens is 2. The molecule has 1 unspecified atom stereocenters. The van der Waals surface area contributed by atoms with Crippen molar-refractivity contribution in [2.75, 3.05) is 25.0 Å². The van der Waals surface area contributed by atoms with Crippen LogP contribution >= 0.6 is 23.2 Å². The Kier molecular flexibility index (Phi) is 10.0. The first-order valence-corrected chi connectivity index (χ1v) is 14.0. The fraction of sp³-hybridized carbons (Fsp3) is 0.259. The fourth-order valence-electron chi connectivity index (χ4n) is 3.96. The summed E-state index contributed by atoms with van der Waals surface area (Å²) in [7, 11) is -1.27. The molecular weight excluding hydrogens is 549 g/mol. The Labute approximate surface area is 233 Å². The standard InChI is InChI=1S/C27H29Cl2N3O5S/c1-4-24(27(34)30-2)31(17-19-10-8-9-13-22(19)28)26(33)18-32(20-14-15-25(37-3)23(29)16-20)38(35,36)21-11-6-5-7-12-21/h5-16,24H,4,17-18H2,1-3H3,(H,30,34). The van der Waals surface area contributed by atoms with Crippen molar-refractivity contribution >= 4 is 50.7 Å². The van der Waals surface area contributed by atoms with Gasteiger partial charge in [0.25, 0.3) is 10.0 Å². The zero-order chi connectivity index (χ0) is 27.9. The van der Waals surface area contributed by atoms with Gasteiger partial charge in [0.05, 0.1) is 22.7 Å². The van der Waals surface area contributed by atoms with Gasteiger partial charge in [0.2, 0.25) is 11.8 Å². The number of rotatable bonds is 11. The average Bonchev–Trinajstić information content (AvgIpc) is 2.92. The third-order valence-electron chi connectivity index (χ3n) is 5.96. The van der Waals surface area contributed by atoms with Crippen LogP contribution in [-0.4, -0.2) is 51.9 Å². The predicted molar refractivity (Wildman–Crippen MR) is 149 cm³/mol. The van der Waals surface area contributed by atoms with E-state index in [0.29, 0.717) is 22.8 Å². The van der Waals surface area contributed by atoms with Crippen molar-refractivity contribution < 1.29 is 22.7 Å². The molecule has 0 spiro atoms. The number of sulfonamides is 1. The van der Waals surface area contributed by atoms with Gasteiger partial charge in [-0.15, -0.1) is 0 Å². The van der Waals surface area contributed by atoms with E-state index in [2.05, 4.69) is 5.32 Å². The van der Waals surface area contributed by atoms with Gasteiger partial charge in [-0.25, -0.2) is 8.42 Å². The number of anilines is 1. The molecule has 3 aromatic rings. The summed E-state index contributed by atoms with van der Waals surface area (Å²) in [4.78, 5) is 28.0. The number of carbonyl (C=O) groups is 2. The summed E-state index contributed by atoms with van der Waals surface area (Å²) in [5.41, 5.74) is 0.786. The molecule has 0 saturated carbocycles. The number of nitrogens with zero attached hydrogens (tertiary/aromatic N) is 2. The van der Waals surface area contributed by atoms with E-state index in [9.17, 15) is 18.0 Å². The van der Waals surface area contributed by atoms with Crippen LogP contribution in [0.15, 0.2) is 77.7 Å². The lowest BCUT2D eigenvalue weighted by Crippen LogP contribution is -2.51. The number of amides is 2. The van der Waals surface area contributed by atoms with Crippen LogP contribution in [0.4, 0.5) is 5.69 Å². The molecule has 0 aliphatic heterocycles. The van der Waals surface area contributed by atoms with Crippen LogP contribution in [-0.2, 0) is 26.2 Å². The smallest absolute Gasteiger partial charge is 0.264 e. The zero-order valence-corrected chi connectivity index (χ0v) is 23.6. The number of hydrogen-bond acceptors (Lipinski definition) is 5. The molecule has 0 radical (unpaired) electrons. The van der Waals surface area contributed by atoms with Crippen molar-refractivity contribution in [2.24, 2.45) is 0 Å². The average molecular weight is 579 g/mol. The predicted octanol–water partition coefficient (Wildman–Crippen LogP) is 4.75. The first-order chi connectivity index (χ1) is 18.1. The van der Waals surface area contributed by atoms with Crippen LogP contribution < -0.4 is 14.4 Å². The van der Waals surface area contributed by atoms with Gasteiger partial charge in [-0.1, -0.05) is 66.5 Å². The molecule has 8 nitrogen and oxygen atoms in total. The fourth-order valence-corrected chi connectivity index (χ4v) is 5.83. The van der Waals surface area contributed by atoms with E-state index in [1.165, 1.54) is 49.4 Å². The second-order valence-corrected chi connectivity index (χ2v) is 11.0. The number of nitrogens with one attached hydrogen (secondary N) is 1. The van der Waals surface area contributed by atoms with Gasteiger partial charge in [0.1, 0.15) is 18.3 Å². The number of likely N-dealkylation sites (N-methyl/N-ethyl adjacent to an activating group) is 1. The third kappa shape index (κ3) is 6.59. The Morgan fingerprint density at radius 1 is 0.974 bits per heavy atom. The van der Waals surface area contributed by atoms with Crippen LogP contribution in [0.3, 0.4) is 0 Å². The van der Waals surface area contributed by atoms with E-state index in [-0.39, 0.29) is 28.1 Å². The number of benzene rings is 3. The first-order valence-electron chi connectivity index (χ1n) is 11.8. The maximum atomic E-state index is 13.9. The topological polar surface area (TPSA) is 96.0 Å². The molecule has 0 aromatic heterocycles. The summed E-state index contributed by atoms with van der Waals surface area (Å²) in [6, 6.07) is 18.3. The highest BCUT2D eigenvalue weighted by atomic mass is 35.5. The molecule has 0 bridgehead atoms. The minimum absolute atomic E-state index is 0.00395. The summed E-state index contributed by atoms with van der Waals surface area (Å²) in [5.74, 6) is -0.616. The number of hydrogen-bond donors (Lipinski definition) is 1. The van der Waals surface area contributed by atoms with Crippen molar-refractivity contribution in [3.05, 3.63) is 88.4 Å². The SMILES string of the molecule is CCC(C(=O)NC)N(Cc1ccccc1Cl)C(=O)CN(c1ccc(OC)c(Cl)c1)S(=O)(=O)c1ccccc1. The van der Waals surface area contributed by atoms with E-state index in [1.54, 1.807) is 49.4 Å². The Morgan fingerprint density at radius 2 is 1.63 bits per heavy atom. The van der Waals surface area contributed by atoms with Crippen LogP contribution in [0, 0.1) is 0 Å². The summed E-state index contributed by atoms with van der Waals surface area (Å²) in [6.07, 6.45) is 0.301. The highest BCUT2D eigenvalue weighted by Gasteiger charge is 2.33. The zero-order valence-electron chi connectivity index (χ0n) is 21.2. The molecule has 202 valence electrons. The Balaban J connectivity index is 2.09. The highest BCUT2D eigenvalue weighted by molar-refractivity contribution is 7.92. The van der Waals surface area contributed by atoms with Crippen molar-refractivity contribution in [3.63, 3.8) is 0 Å². The van der Waals surface area contributed by atoms with Crippen LogP contribution in [0.1, 0.15) is 18.9 Å². The Bertz CT molecular complexity index is 1390. The molecule has 3 rings (SSSR count). The molecule has 1 atom stereocenters. The molecule has 0 fully saturated rings. The molecule has 0 saturated heterocycles. The molecule has 2 amide bonds. The Hall–Kier alpha value is -3.27. The van der Waals surface area contributed by atoms with Crippen LogP contribution in [0.2, 0.25) is 10.0 Å². The lowest BCUT2D eigenvalue weighted by Gasteiger charge is -2.33. The van der Waals surface area contributed by atoms with Gasteiger partial charge >= 0.3 is 0 Å². The number of ether oxygens (including phenoxy) is 1. The van der Waals surface area contributed by atoms with E-state index in [1.807, 2.05) is 0 Å². The van der Waals surface area contributed by atoms with E-state index < -0.39 is 28.5 Å². The van der Waals surface area contributed by atoms with Gasteiger partial charge in [0, 0.05) is 18.6 Å². The minimum Gasteiger partial charge on any atom is -0.495 e. The van der Waals surface area contributed by atoms with Gasteiger partial charge in [-0.05, 0) is 48.4 Å². The summed E-state index contributed by atoms with van der Waals surface area (Å²) in [5, 5.41) is 3.18. The van der Waals surface area contributed by atoms with Crippen molar-refractivity contribution in [1.29, 1.82) is 0 Å². The van der Waals surface area contributed by atoms with E-state index in [0.717, 1.165) is 4.31 Å². The maximum Gasteiger partial charge on any atom is 0.264 e. The summed E-state index contributed by atoms with van der Waals surface area (Å²) >= 11 is 12.7. The Morgan fingerprint density at radius 3 is 2.21 bits per heavy atom. The molecule has 0 aliphatic carbocycles. The molecule has 3 aromatic carbocycles. The van der Waals surface area contributed by atoms with Crippen molar-refractivity contribution in [3.8, 4) is 5.75 Å². The van der Waals surface area contributed by atoms with Gasteiger partial charge < -0.3 is 15.0 Å². The second-order valence-electron chi connectivity index (χ2n) is 8.29. The van der Waals surface area contributed by atoms with E-state index >= 15 is 0 Å².